The number of allylic oxidation sites excluding steroid dienone is 6. The minimum absolute atomic E-state index is 0. The molecule has 0 amide bonds. The molecule has 14 heavy (non-hydrogen) atoms. The zero-order valence-electron chi connectivity index (χ0n) is 8.33. The number of aliphatic hydroxyl groups is 1. The fourth-order valence-corrected chi connectivity index (χ4v) is 1.82. The molecular weight excluding hydrogens is 339 g/mol. The molecular formula is C12H14HfO. The van der Waals surface area contributed by atoms with Crippen molar-refractivity contribution in [2.75, 3.05) is 0 Å². The zero-order chi connectivity index (χ0) is 9.31. The fourth-order valence-electron chi connectivity index (χ4n) is 1.82. The summed E-state index contributed by atoms with van der Waals surface area (Å²) in [4.78, 5) is 0. The van der Waals surface area contributed by atoms with Gasteiger partial charge in [0.25, 0.3) is 0 Å². The largest absolute Gasteiger partial charge is 0.381 e. The van der Waals surface area contributed by atoms with Crippen LogP contribution in [-0.2, 0) is 25.8 Å². The van der Waals surface area contributed by atoms with Gasteiger partial charge in [-0.05, 0) is 30.9 Å². The van der Waals surface area contributed by atoms with Crippen LogP contribution in [0.15, 0.2) is 47.6 Å². The molecule has 0 aromatic carbocycles. The van der Waals surface area contributed by atoms with E-state index in [1.54, 1.807) is 0 Å². The van der Waals surface area contributed by atoms with Crippen molar-refractivity contribution in [1.82, 2.24) is 0 Å². The first-order valence-electron chi connectivity index (χ1n) is 4.66. The van der Waals surface area contributed by atoms with E-state index in [4.69, 9.17) is 0 Å². The molecule has 0 fully saturated rings. The molecule has 72 valence electrons. The van der Waals surface area contributed by atoms with Gasteiger partial charge in [0.15, 0.2) is 0 Å². The molecule has 0 radical (unpaired) electrons. The van der Waals surface area contributed by atoms with Crippen molar-refractivity contribution >= 4 is 0 Å². The summed E-state index contributed by atoms with van der Waals surface area (Å²) < 4.78 is 0. The van der Waals surface area contributed by atoms with E-state index in [1.165, 1.54) is 0 Å². The smallest absolute Gasteiger partial charge is 0.105 e. The first-order chi connectivity index (χ1) is 6.21. The van der Waals surface area contributed by atoms with E-state index < -0.39 is 5.60 Å². The molecule has 2 aliphatic rings. The predicted molar refractivity (Wildman–Crippen MR) is 54.3 cm³/mol. The van der Waals surface area contributed by atoms with Crippen molar-refractivity contribution in [3.05, 3.63) is 47.6 Å². The first kappa shape index (κ1) is 11.9. The van der Waals surface area contributed by atoms with Crippen molar-refractivity contribution in [3.63, 3.8) is 0 Å². The average molecular weight is 353 g/mol. The SMILES string of the molecule is CC(O)(C1=CC=CC1)C1=CC=CC1.[Hf]. The summed E-state index contributed by atoms with van der Waals surface area (Å²) >= 11 is 0. The topological polar surface area (TPSA) is 20.2 Å². The van der Waals surface area contributed by atoms with Crippen molar-refractivity contribution < 1.29 is 30.9 Å². The molecule has 0 saturated heterocycles. The summed E-state index contributed by atoms with van der Waals surface area (Å²) in [6.07, 6.45) is 14.0. The fraction of sp³-hybridized carbons (Fsp3) is 0.333. The monoisotopic (exact) mass is 354 g/mol. The molecule has 0 aliphatic heterocycles. The molecule has 2 rings (SSSR count). The summed E-state index contributed by atoms with van der Waals surface area (Å²) in [6, 6.07) is 0. The second-order valence-corrected chi connectivity index (χ2v) is 3.72. The molecule has 0 aromatic rings. The van der Waals surface area contributed by atoms with E-state index >= 15 is 0 Å². The minimum atomic E-state index is -0.743. The standard InChI is InChI=1S/C12H14O.Hf/c1-12(13,10-6-2-3-7-10)11-8-4-5-9-11;/h2-6,8,13H,7,9H2,1H3;. The average Bonchev–Trinajstić information content (AvgIpc) is 2.78. The molecule has 1 N–H and O–H groups in total. The summed E-state index contributed by atoms with van der Waals surface area (Å²) in [6.45, 7) is 1.88. The third-order valence-electron chi connectivity index (χ3n) is 2.79. The maximum Gasteiger partial charge on any atom is 0.105 e. The Morgan fingerprint density at radius 2 is 1.50 bits per heavy atom. The Labute approximate surface area is 104 Å². The summed E-state index contributed by atoms with van der Waals surface area (Å²) in [5.74, 6) is 0. The number of hydrogen-bond donors (Lipinski definition) is 1. The summed E-state index contributed by atoms with van der Waals surface area (Å²) in [5, 5.41) is 10.3. The predicted octanol–water partition coefficient (Wildman–Crippen LogP) is 2.51. The summed E-state index contributed by atoms with van der Waals surface area (Å²) in [5.41, 5.74) is 1.46. The van der Waals surface area contributed by atoms with Gasteiger partial charge in [-0.25, -0.2) is 0 Å². The van der Waals surface area contributed by atoms with E-state index in [1.807, 2.05) is 31.2 Å². The normalized spacial score (nSPS) is 19.3. The molecule has 2 heteroatoms. The van der Waals surface area contributed by atoms with Crippen LogP contribution in [0, 0.1) is 0 Å². The van der Waals surface area contributed by atoms with Crippen molar-refractivity contribution in [3.8, 4) is 0 Å². The van der Waals surface area contributed by atoms with Gasteiger partial charge in [0.05, 0.1) is 0 Å². The Morgan fingerprint density at radius 1 is 1.07 bits per heavy atom. The number of rotatable bonds is 2. The summed E-state index contributed by atoms with van der Waals surface area (Å²) in [7, 11) is 0. The van der Waals surface area contributed by atoms with Crippen LogP contribution in [0.3, 0.4) is 0 Å². The van der Waals surface area contributed by atoms with Gasteiger partial charge in [0.2, 0.25) is 0 Å². The van der Waals surface area contributed by atoms with E-state index in [-0.39, 0.29) is 25.8 Å². The molecule has 0 saturated carbocycles. The van der Waals surface area contributed by atoms with E-state index in [9.17, 15) is 5.11 Å². The van der Waals surface area contributed by atoms with Crippen LogP contribution in [0.25, 0.3) is 0 Å². The Kier molecular flexibility index (Phi) is 3.85. The quantitative estimate of drug-likeness (QED) is 0.757. The van der Waals surface area contributed by atoms with Gasteiger partial charge in [-0.3, -0.25) is 0 Å². The molecule has 2 aliphatic carbocycles. The molecule has 0 spiro atoms. The van der Waals surface area contributed by atoms with Crippen LogP contribution < -0.4 is 0 Å². The van der Waals surface area contributed by atoms with Crippen molar-refractivity contribution in [2.45, 2.75) is 25.4 Å². The Balaban J connectivity index is 0.000000980. The van der Waals surface area contributed by atoms with E-state index in [2.05, 4.69) is 12.2 Å². The van der Waals surface area contributed by atoms with Gasteiger partial charge in [0.1, 0.15) is 5.60 Å². The molecule has 1 nitrogen and oxygen atoms in total. The van der Waals surface area contributed by atoms with E-state index in [0.29, 0.717) is 0 Å². The second kappa shape index (κ2) is 4.54. The van der Waals surface area contributed by atoms with Crippen LogP contribution in [0.1, 0.15) is 19.8 Å². The Morgan fingerprint density at radius 3 is 1.79 bits per heavy atom. The molecule has 0 unspecified atom stereocenters. The maximum atomic E-state index is 10.3. The van der Waals surface area contributed by atoms with Crippen molar-refractivity contribution in [2.24, 2.45) is 0 Å². The number of hydrogen-bond acceptors (Lipinski definition) is 1. The maximum absolute atomic E-state index is 10.3. The van der Waals surface area contributed by atoms with Crippen LogP contribution in [0.4, 0.5) is 0 Å². The second-order valence-electron chi connectivity index (χ2n) is 3.72. The third-order valence-corrected chi connectivity index (χ3v) is 2.79. The van der Waals surface area contributed by atoms with Gasteiger partial charge in [-0.15, -0.1) is 0 Å². The zero-order valence-corrected chi connectivity index (χ0v) is 11.9. The molecule has 0 aromatic heterocycles. The van der Waals surface area contributed by atoms with Crippen LogP contribution in [-0.4, -0.2) is 10.7 Å². The molecule has 0 bridgehead atoms. The van der Waals surface area contributed by atoms with Crippen LogP contribution >= 0.6 is 0 Å². The van der Waals surface area contributed by atoms with Crippen LogP contribution in [0.2, 0.25) is 0 Å². The third kappa shape index (κ3) is 2.06. The molecule has 0 atom stereocenters. The first-order valence-corrected chi connectivity index (χ1v) is 4.66. The minimum Gasteiger partial charge on any atom is -0.381 e. The Hall–Kier alpha value is -0.210. The van der Waals surface area contributed by atoms with Gasteiger partial charge in [-0.1, -0.05) is 36.5 Å². The van der Waals surface area contributed by atoms with Crippen LogP contribution in [0.5, 0.6) is 0 Å². The van der Waals surface area contributed by atoms with E-state index in [0.717, 1.165) is 24.0 Å². The molecule has 0 heterocycles. The van der Waals surface area contributed by atoms with Gasteiger partial charge in [-0.2, -0.15) is 0 Å². The van der Waals surface area contributed by atoms with Gasteiger partial charge < -0.3 is 5.11 Å². The van der Waals surface area contributed by atoms with Gasteiger partial charge in [0, 0.05) is 25.8 Å². The Bertz CT molecular complexity index is 300. The van der Waals surface area contributed by atoms with Gasteiger partial charge >= 0.3 is 0 Å². The van der Waals surface area contributed by atoms with Crippen molar-refractivity contribution in [1.29, 1.82) is 0 Å².